The van der Waals surface area contributed by atoms with Crippen LogP contribution in [0.2, 0.25) is 0 Å². The lowest BCUT2D eigenvalue weighted by Crippen LogP contribution is -2.23. The number of aromatic nitrogens is 3. The molecule has 0 aliphatic rings. The molecular weight excluding hydrogens is 274 g/mol. The van der Waals surface area contributed by atoms with E-state index >= 15 is 0 Å². The molecule has 20 heavy (non-hydrogen) atoms. The highest BCUT2D eigenvalue weighted by Gasteiger charge is 2.06. The summed E-state index contributed by atoms with van der Waals surface area (Å²) in [6, 6.07) is 7.68. The van der Waals surface area contributed by atoms with E-state index in [1.165, 1.54) is 22.2 Å². The van der Waals surface area contributed by atoms with Gasteiger partial charge >= 0.3 is 0 Å². The van der Waals surface area contributed by atoms with Crippen LogP contribution in [0.5, 0.6) is 5.75 Å². The number of hydrogen-bond acceptors (Lipinski definition) is 5. The number of nitrogens with zero attached hydrogens (tertiary/aromatic N) is 3. The monoisotopic (exact) mass is 287 g/mol. The third kappa shape index (κ3) is 2.30. The van der Waals surface area contributed by atoms with Gasteiger partial charge < -0.3 is 4.74 Å². The quantitative estimate of drug-likeness (QED) is 0.729. The second-order valence-electron chi connectivity index (χ2n) is 4.26. The number of para-hydroxylation sites is 1. The molecule has 0 radical (unpaired) electrons. The van der Waals surface area contributed by atoms with Crippen LogP contribution in [0.15, 0.2) is 35.4 Å². The predicted molar refractivity (Wildman–Crippen MR) is 78.1 cm³/mol. The first-order valence-corrected chi connectivity index (χ1v) is 7.17. The maximum atomic E-state index is 12.1. The third-order valence-corrected chi connectivity index (χ3v) is 3.76. The van der Waals surface area contributed by atoms with Crippen molar-refractivity contribution in [2.75, 3.05) is 6.61 Å². The van der Waals surface area contributed by atoms with Gasteiger partial charge in [-0.1, -0.05) is 36.5 Å². The molecule has 1 aromatic carbocycles. The molecule has 0 amide bonds. The van der Waals surface area contributed by atoms with Crippen molar-refractivity contribution in [3.8, 4) is 5.75 Å². The summed E-state index contributed by atoms with van der Waals surface area (Å²) < 4.78 is 7.60. The van der Waals surface area contributed by atoms with E-state index in [1.54, 1.807) is 0 Å². The molecule has 0 saturated heterocycles. The molecule has 0 atom stereocenters. The Labute approximate surface area is 119 Å². The van der Waals surface area contributed by atoms with Crippen molar-refractivity contribution in [3.63, 3.8) is 0 Å². The fraction of sp³-hybridized carbons (Fsp3) is 0.214. The van der Waals surface area contributed by atoms with Crippen molar-refractivity contribution in [1.29, 1.82) is 0 Å². The average molecular weight is 287 g/mol. The van der Waals surface area contributed by atoms with Gasteiger partial charge in [-0.2, -0.15) is 9.61 Å². The van der Waals surface area contributed by atoms with E-state index < -0.39 is 0 Å². The minimum atomic E-state index is -0.146. The van der Waals surface area contributed by atoms with Crippen LogP contribution < -0.4 is 14.8 Å². The van der Waals surface area contributed by atoms with Crippen LogP contribution in [0.4, 0.5) is 0 Å². The van der Waals surface area contributed by atoms with Gasteiger partial charge in [0.25, 0.3) is 5.56 Å². The van der Waals surface area contributed by atoms with Gasteiger partial charge in [0.2, 0.25) is 4.96 Å². The molecule has 3 aromatic rings. The Morgan fingerprint density at radius 3 is 3.05 bits per heavy atom. The molecular formula is C14H13N3O2S. The van der Waals surface area contributed by atoms with E-state index in [9.17, 15) is 4.79 Å². The molecule has 0 saturated carbocycles. The molecule has 6 heteroatoms. The van der Waals surface area contributed by atoms with Crippen molar-refractivity contribution < 1.29 is 4.74 Å². The van der Waals surface area contributed by atoms with Gasteiger partial charge in [-0.25, -0.2) is 4.98 Å². The van der Waals surface area contributed by atoms with Crippen LogP contribution in [0.25, 0.3) is 11.0 Å². The molecule has 0 fully saturated rings. The number of benzene rings is 1. The predicted octanol–water partition coefficient (Wildman–Crippen LogP) is 1.49. The highest BCUT2D eigenvalue weighted by Crippen LogP contribution is 2.18. The van der Waals surface area contributed by atoms with Gasteiger partial charge in [-0.05, 0) is 18.6 Å². The molecule has 0 aliphatic heterocycles. The Kier molecular flexibility index (Phi) is 3.47. The van der Waals surface area contributed by atoms with E-state index in [4.69, 9.17) is 4.74 Å². The van der Waals surface area contributed by atoms with Crippen LogP contribution >= 0.6 is 11.3 Å². The Morgan fingerprint density at radius 1 is 1.40 bits per heavy atom. The van der Waals surface area contributed by atoms with E-state index in [1.807, 2.05) is 30.3 Å². The summed E-state index contributed by atoms with van der Waals surface area (Å²) in [6.45, 7) is 2.71. The molecule has 0 spiro atoms. The summed E-state index contributed by atoms with van der Waals surface area (Å²) in [5, 5.41) is 3.90. The fourth-order valence-corrected chi connectivity index (χ4v) is 2.73. The van der Waals surface area contributed by atoms with Gasteiger partial charge in [0.05, 0.1) is 11.1 Å². The number of hydrogen-bond donors (Lipinski definition) is 0. The van der Waals surface area contributed by atoms with Crippen molar-refractivity contribution >= 4 is 22.4 Å². The Hall–Kier alpha value is -2.21. The Bertz CT molecular complexity index is 838. The minimum absolute atomic E-state index is 0.146. The first kappa shape index (κ1) is 12.8. The second kappa shape index (κ2) is 5.42. The highest BCUT2D eigenvalue weighted by molar-refractivity contribution is 7.15. The molecule has 102 valence electrons. The largest absolute Gasteiger partial charge is 0.493 e. The summed E-state index contributed by atoms with van der Waals surface area (Å²) >= 11 is 1.32. The van der Waals surface area contributed by atoms with Gasteiger partial charge in [0.1, 0.15) is 12.1 Å². The van der Waals surface area contributed by atoms with Crippen LogP contribution in [-0.4, -0.2) is 21.2 Å². The maximum absolute atomic E-state index is 12.1. The molecule has 2 aromatic heterocycles. The molecule has 0 bridgehead atoms. The van der Waals surface area contributed by atoms with Crippen molar-refractivity contribution in [3.05, 3.63) is 51.0 Å². The SMILES string of the molecule is CCCOc1ccccc1C=c1sc2ncnn2c1=O. The average Bonchev–Trinajstić information content (AvgIpc) is 3.02. The molecule has 0 N–H and O–H groups in total. The summed E-state index contributed by atoms with van der Waals surface area (Å²) in [7, 11) is 0. The second-order valence-corrected chi connectivity index (χ2v) is 5.27. The summed E-state index contributed by atoms with van der Waals surface area (Å²) in [4.78, 5) is 16.8. The first-order valence-electron chi connectivity index (χ1n) is 6.35. The maximum Gasteiger partial charge on any atom is 0.291 e. The molecule has 0 unspecified atom stereocenters. The molecule has 5 nitrogen and oxygen atoms in total. The Morgan fingerprint density at radius 2 is 2.25 bits per heavy atom. The first-order chi connectivity index (χ1) is 9.79. The smallest absolute Gasteiger partial charge is 0.291 e. The van der Waals surface area contributed by atoms with Crippen molar-refractivity contribution in [1.82, 2.24) is 14.6 Å². The molecule has 0 aliphatic carbocycles. The number of fused-ring (bicyclic) bond motifs is 1. The zero-order chi connectivity index (χ0) is 13.9. The lowest BCUT2D eigenvalue weighted by Gasteiger charge is -2.07. The lowest BCUT2D eigenvalue weighted by atomic mass is 10.2. The van der Waals surface area contributed by atoms with Gasteiger partial charge in [-0.3, -0.25) is 4.79 Å². The normalized spacial score (nSPS) is 12.2. The van der Waals surface area contributed by atoms with Crippen LogP contribution in [0, 0.1) is 0 Å². The zero-order valence-electron chi connectivity index (χ0n) is 10.9. The van der Waals surface area contributed by atoms with Crippen LogP contribution in [0.1, 0.15) is 18.9 Å². The van der Waals surface area contributed by atoms with E-state index in [2.05, 4.69) is 17.0 Å². The van der Waals surface area contributed by atoms with E-state index in [0.29, 0.717) is 16.1 Å². The van der Waals surface area contributed by atoms with Gasteiger partial charge in [0.15, 0.2) is 0 Å². The number of rotatable bonds is 4. The fourth-order valence-electron chi connectivity index (χ4n) is 1.86. The Balaban J connectivity index is 2.09. The van der Waals surface area contributed by atoms with Crippen LogP contribution in [0.3, 0.4) is 0 Å². The standard InChI is InChI=1S/C14H13N3O2S/c1-2-7-19-11-6-4-3-5-10(11)8-12-13(18)17-14(20-12)15-9-16-17/h3-6,8-9H,2,7H2,1H3. The van der Waals surface area contributed by atoms with Crippen molar-refractivity contribution in [2.24, 2.45) is 0 Å². The van der Waals surface area contributed by atoms with Gasteiger partial charge in [-0.15, -0.1) is 0 Å². The third-order valence-electron chi connectivity index (χ3n) is 2.79. The highest BCUT2D eigenvalue weighted by atomic mass is 32.1. The number of ether oxygens (including phenoxy) is 1. The topological polar surface area (TPSA) is 56.5 Å². The zero-order valence-corrected chi connectivity index (χ0v) is 11.8. The van der Waals surface area contributed by atoms with E-state index in [-0.39, 0.29) is 5.56 Å². The minimum Gasteiger partial charge on any atom is -0.493 e. The van der Waals surface area contributed by atoms with Crippen LogP contribution in [-0.2, 0) is 0 Å². The lowest BCUT2D eigenvalue weighted by molar-refractivity contribution is 0.317. The molecule has 3 rings (SSSR count). The summed E-state index contributed by atoms with van der Waals surface area (Å²) in [5.41, 5.74) is 0.746. The van der Waals surface area contributed by atoms with Crippen molar-refractivity contribution in [2.45, 2.75) is 13.3 Å². The van der Waals surface area contributed by atoms with E-state index in [0.717, 1.165) is 17.7 Å². The van der Waals surface area contributed by atoms with Gasteiger partial charge in [0, 0.05) is 5.56 Å². The number of thiazole rings is 1. The summed E-state index contributed by atoms with van der Waals surface area (Å²) in [6.07, 6.45) is 4.15. The molecule has 2 heterocycles. The summed E-state index contributed by atoms with van der Waals surface area (Å²) in [5.74, 6) is 0.785.